The fraction of sp³-hybridized carbons (Fsp3) is 0.476. The lowest BCUT2D eigenvalue weighted by molar-refractivity contribution is -0.141. The monoisotopic (exact) mass is 487 g/mol. The van der Waals surface area contributed by atoms with Crippen molar-refractivity contribution in [2.45, 2.75) is 32.0 Å². The highest BCUT2D eigenvalue weighted by Gasteiger charge is 2.42. The Morgan fingerprint density at radius 3 is 2.56 bits per heavy atom. The summed E-state index contributed by atoms with van der Waals surface area (Å²) in [4.78, 5) is 19.7. The maximum atomic E-state index is 13.3. The molecule has 4 rings (SSSR count). The highest BCUT2D eigenvalue weighted by atomic mass is 35.5. The van der Waals surface area contributed by atoms with Crippen molar-refractivity contribution in [2.24, 2.45) is 10.9 Å². The van der Waals surface area contributed by atoms with Crippen molar-refractivity contribution in [2.75, 3.05) is 26.2 Å². The molecule has 0 radical (unpaired) electrons. The molecule has 3 heterocycles. The van der Waals surface area contributed by atoms with Crippen molar-refractivity contribution in [3.05, 3.63) is 45.6 Å². The Balaban J connectivity index is 1.67. The zero-order valence-electron chi connectivity index (χ0n) is 17.3. The molecule has 0 aliphatic carbocycles. The van der Waals surface area contributed by atoms with E-state index < -0.39 is 23.8 Å². The van der Waals surface area contributed by atoms with Crippen LogP contribution < -0.4 is 5.32 Å². The smallest absolute Gasteiger partial charge is 0.354 e. The van der Waals surface area contributed by atoms with Gasteiger partial charge in [0, 0.05) is 24.9 Å². The van der Waals surface area contributed by atoms with E-state index in [2.05, 4.69) is 20.3 Å². The normalized spacial score (nSPS) is 21.4. The lowest BCUT2D eigenvalue weighted by Gasteiger charge is -2.31. The molecule has 11 heteroatoms. The number of benzene rings is 1. The van der Waals surface area contributed by atoms with Crippen molar-refractivity contribution in [3.63, 3.8) is 0 Å². The third kappa shape index (κ3) is 4.65. The van der Waals surface area contributed by atoms with E-state index in [1.165, 1.54) is 0 Å². The van der Waals surface area contributed by atoms with Gasteiger partial charge in [-0.25, -0.2) is 9.67 Å². The molecule has 0 spiro atoms. The number of alkyl halides is 3. The van der Waals surface area contributed by atoms with Crippen molar-refractivity contribution in [3.8, 4) is 0 Å². The number of nitrogens with one attached hydrogen (secondary N) is 1. The molecule has 1 N–H and O–H groups in total. The highest BCUT2D eigenvalue weighted by molar-refractivity contribution is 6.42. The van der Waals surface area contributed by atoms with Gasteiger partial charge in [-0.15, -0.1) is 0 Å². The van der Waals surface area contributed by atoms with Crippen molar-refractivity contribution >= 4 is 40.6 Å². The second kappa shape index (κ2) is 9.03. The van der Waals surface area contributed by atoms with Gasteiger partial charge in [0.1, 0.15) is 5.92 Å². The summed E-state index contributed by atoms with van der Waals surface area (Å²) >= 11 is 12.2. The number of aromatic nitrogens is 2. The van der Waals surface area contributed by atoms with Crippen LogP contribution in [-0.4, -0.2) is 52.5 Å². The third-order valence-electron chi connectivity index (χ3n) is 5.82. The van der Waals surface area contributed by atoms with E-state index >= 15 is 0 Å². The van der Waals surface area contributed by atoms with Crippen LogP contribution in [0.2, 0.25) is 10.0 Å². The average Bonchev–Trinajstić information content (AvgIpc) is 3.38. The number of carbonyl (C=O) groups excluding carboxylic acids is 1. The van der Waals surface area contributed by atoms with E-state index in [-0.39, 0.29) is 16.7 Å². The molecule has 2 atom stereocenters. The maximum absolute atomic E-state index is 13.3. The molecule has 6 nitrogen and oxygen atoms in total. The molecule has 1 fully saturated rings. The highest BCUT2D eigenvalue weighted by Crippen LogP contribution is 2.41. The van der Waals surface area contributed by atoms with Gasteiger partial charge < -0.3 is 10.2 Å². The third-order valence-corrected chi connectivity index (χ3v) is 6.56. The predicted molar refractivity (Wildman–Crippen MR) is 117 cm³/mol. The van der Waals surface area contributed by atoms with Crippen LogP contribution in [0.3, 0.4) is 0 Å². The topological polar surface area (TPSA) is 62.5 Å². The van der Waals surface area contributed by atoms with Gasteiger partial charge >= 0.3 is 6.18 Å². The molecule has 0 bridgehead atoms. The zero-order chi connectivity index (χ0) is 23.0. The molecule has 1 amide bonds. The number of halogens is 5. The van der Waals surface area contributed by atoms with Crippen molar-refractivity contribution in [1.29, 1.82) is 0 Å². The van der Waals surface area contributed by atoms with E-state index in [1.54, 1.807) is 25.1 Å². The minimum Gasteiger partial charge on any atom is -0.354 e. The van der Waals surface area contributed by atoms with Crippen LogP contribution in [0.15, 0.2) is 29.3 Å². The molecule has 1 aromatic heterocycles. The summed E-state index contributed by atoms with van der Waals surface area (Å²) in [6, 6.07) is 4.78. The van der Waals surface area contributed by atoms with Gasteiger partial charge in [0.2, 0.25) is 5.91 Å². The number of rotatable bonds is 5. The largest absolute Gasteiger partial charge is 0.435 e. The second-order valence-corrected chi connectivity index (χ2v) is 8.83. The molecule has 1 saturated heterocycles. The fourth-order valence-corrected chi connectivity index (χ4v) is 4.55. The van der Waals surface area contributed by atoms with Crippen LogP contribution in [-0.2, 0) is 11.0 Å². The first-order valence-corrected chi connectivity index (χ1v) is 11.1. The second-order valence-electron chi connectivity index (χ2n) is 8.02. The van der Waals surface area contributed by atoms with Gasteiger partial charge in [-0.1, -0.05) is 29.3 Å². The Morgan fingerprint density at radius 2 is 1.91 bits per heavy atom. The molecule has 32 heavy (non-hydrogen) atoms. The van der Waals surface area contributed by atoms with Crippen LogP contribution in [0.1, 0.15) is 37.1 Å². The minimum absolute atomic E-state index is 0.0343. The van der Waals surface area contributed by atoms with E-state index in [0.717, 1.165) is 43.2 Å². The minimum atomic E-state index is -4.64. The Labute approximate surface area is 193 Å². The number of fused-ring (bicyclic) bond motifs is 1. The van der Waals surface area contributed by atoms with Gasteiger partial charge in [0.15, 0.2) is 11.5 Å². The lowest BCUT2D eigenvalue weighted by atomic mass is 9.87. The molecule has 2 aromatic rings. The molecule has 2 aliphatic rings. The summed E-state index contributed by atoms with van der Waals surface area (Å²) in [7, 11) is 0. The molecule has 1 aromatic carbocycles. The van der Waals surface area contributed by atoms with E-state index in [0.29, 0.717) is 22.8 Å². The maximum Gasteiger partial charge on any atom is 0.435 e. The first-order chi connectivity index (χ1) is 15.1. The number of hydrogen-bond acceptors (Lipinski definition) is 4. The number of aliphatic imine (C=N–C) groups is 1. The first kappa shape index (κ1) is 23.1. The molecular formula is C21H22Cl2F3N5O. The van der Waals surface area contributed by atoms with Crippen LogP contribution in [0.4, 0.5) is 19.0 Å². The zero-order valence-corrected chi connectivity index (χ0v) is 18.8. The average molecular weight is 488 g/mol. The van der Waals surface area contributed by atoms with Crippen LogP contribution in [0.25, 0.3) is 0 Å². The summed E-state index contributed by atoms with van der Waals surface area (Å²) in [5.41, 5.74) is -0.142. The van der Waals surface area contributed by atoms with Gasteiger partial charge in [-0.05, 0) is 50.6 Å². The van der Waals surface area contributed by atoms with Crippen LogP contribution in [0, 0.1) is 5.92 Å². The predicted octanol–water partition coefficient (Wildman–Crippen LogP) is 4.73. The Kier molecular flexibility index (Phi) is 6.51. The molecule has 0 saturated carbocycles. The van der Waals surface area contributed by atoms with Gasteiger partial charge in [0.25, 0.3) is 0 Å². The van der Waals surface area contributed by atoms with E-state index in [4.69, 9.17) is 23.2 Å². The first-order valence-electron chi connectivity index (χ1n) is 10.3. The number of nitrogens with zero attached hydrogens (tertiary/aromatic N) is 4. The molecule has 2 unspecified atom stereocenters. The summed E-state index contributed by atoms with van der Waals surface area (Å²) in [6.45, 7) is 4.80. The van der Waals surface area contributed by atoms with Gasteiger partial charge in [0.05, 0.1) is 16.1 Å². The summed E-state index contributed by atoms with van der Waals surface area (Å²) < 4.78 is 41.2. The number of amides is 1. The van der Waals surface area contributed by atoms with Crippen LogP contribution >= 0.6 is 23.2 Å². The van der Waals surface area contributed by atoms with E-state index in [9.17, 15) is 18.0 Å². The quantitative estimate of drug-likeness (QED) is 0.662. The Morgan fingerprint density at radius 1 is 1.19 bits per heavy atom. The lowest BCUT2D eigenvalue weighted by Crippen LogP contribution is -2.44. The van der Waals surface area contributed by atoms with Crippen LogP contribution in [0.5, 0.6) is 0 Å². The number of hydrogen-bond donors (Lipinski definition) is 1. The standard InChI is InChI=1S/C21H22Cl2F3N5O/c1-12-18(20(32)27-6-9-30-7-2-3-8-30)19(13-4-5-14(22)15(23)10-13)31-17(28-12)11-16(29-31)21(24,25)26/h4-5,10-11,18-19H,2-3,6-9H2,1H3,(H,27,32). The number of carbonyl (C=O) groups is 1. The molecule has 2 aliphatic heterocycles. The van der Waals surface area contributed by atoms with Crippen molar-refractivity contribution in [1.82, 2.24) is 20.0 Å². The SMILES string of the molecule is CC1=Nc2cc(C(F)(F)F)nn2C(c2ccc(Cl)c(Cl)c2)C1C(=O)NCCN1CCCC1. The van der Waals surface area contributed by atoms with E-state index in [1.807, 2.05) is 0 Å². The summed E-state index contributed by atoms with van der Waals surface area (Å²) in [5.74, 6) is -1.14. The molecular weight excluding hydrogens is 466 g/mol. The summed E-state index contributed by atoms with van der Waals surface area (Å²) in [6.07, 6.45) is -2.35. The number of likely N-dealkylation sites (tertiary alicyclic amines) is 1. The van der Waals surface area contributed by atoms with Gasteiger partial charge in [-0.2, -0.15) is 18.3 Å². The van der Waals surface area contributed by atoms with Crippen molar-refractivity contribution < 1.29 is 18.0 Å². The Hall–Kier alpha value is -2.10. The van der Waals surface area contributed by atoms with Gasteiger partial charge in [-0.3, -0.25) is 4.79 Å². The summed E-state index contributed by atoms with van der Waals surface area (Å²) in [5, 5.41) is 7.23. The Bertz CT molecular complexity index is 1050. The fourth-order valence-electron chi connectivity index (χ4n) is 4.25. The molecule has 172 valence electrons.